The standard InChI is InChI=1S/C68H73N3O/c1-64(2,3)49-32-33-59(54(40-49)44-22-17-16-18-23-44)71-60-27-21-25-53(61(60)70-63(71)55-41-51(66(7,8)9)42-57(62(55)72)68(13,14)15)47-36-48(38-50(37-47)65(4,5)6)58-39-46(34-35-69-58)43-28-30-45(31-29-43)52-24-19-20-26-56(52)67(10,11)12/h16-42,72H,1-15H3. The highest BCUT2D eigenvalue weighted by Crippen LogP contribution is 2.46. The Morgan fingerprint density at radius 3 is 1.60 bits per heavy atom. The second kappa shape index (κ2) is 18.2. The van der Waals surface area contributed by atoms with Crippen molar-refractivity contribution in [3.8, 4) is 78.6 Å². The second-order valence-electron chi connectivity index (χ2n) is 25.1. The van der Waals surface area contributed by atoms with Crippen molar-refractivity contribution >= 4 is 11.0 Å². The van der Waals surface area contributed by atoms with Gasteiger partial charge >= 0.3 is 0 Å². The van der Waals surface area contributed by atoms with E-state index in [1.165, 1.54) is 27.8 Å². The molecular weight excluding hydrogens is 875 g/mol. The number of pyridine rings is 1. The molecule has 366 valence electrons. The Hall–Kier alpha value is -7.04. The third-order valence-electron chi connectivity index (χ3n) is 14.3. The Morgan fingerprint density at radius 1 is 0.375 bits per heavy atom. The van der Waals surface area contributed by atoms with E-state index in [2.05, 4.69) is 266 Å². The molecule has 0 radical (unpaired) electrons. The summed E-state index contributed by atoms with van der Waals surface area (Å²) in [7, 11) is 0. The average molecular weight is 948 g/mol. The summed E-state index contributed by atoms with van der Waals surface area (Å²) in [6.07, 6.45) is 1.94. The molecule has 0 bridgehead atoms. The lowest BCUT2D eigenvalue weighted by Crippen LogP contribution is -2.17. The summed E-state index contributed by atoms with van der Waals surface area (Å²) in [6, 6.07) is 57.4. The number of aromatic nitrogens is 3. The van der Waals surface area contributed by atoms with Crippen LogP contribution in [0.25, 0.3) is 83.9 Å². The number of para-hydroxylation sites is 1. The van der Waals surface area contributed by atoms with Crippen LogP contribution in [0.1, 0.15) is 132 Å². The SMILES string of the molecule is CC(C)(C)c1cc(-c2cc(-c3ccc(-c4ccccc4C(C)(C)C)cc3)ccn2)cc(-c2cccc3c2nc(-c2cc(C(C)(C)C)cc(C(C)(C)C)c2O)n3-c2ccc(C(C)(C)C)cc2-c2ccccc2)c1. The summed E-state index contributed by atoms with van der Waals surface area (Å²) in [6.45, 7) is 33.7. The van der Waals surface area contributed by atoms with E-state index in [9.17, 15) is 5.11 Å². The summed E-state index contributed by atoms with van der Waals surface area (Å²) < 4.78 is 2.30. The van der Waals surface area contributed by atoms with Gasteiger partial charge in [-0.3, -0.25) is 9.55 Å². The second-order valence-corrected chi connectivity index (χ2v) is 25.1. The van der Waals surface area contributed by atoms with Gasteiger partial charge in [-0.15, -0.1) is 0 Å². The molecule has 2 aromatic heterocycles. The minimum absolute atomic E-state index is 0.0327. The number of phenols is 1. The van der Waals surface area contributed by atoms with Crippen molar-refractivity contribution in [1.29, 1.82) is 0 Å². The molecule has 0 saturated heterocycles. The average Bonchev–Trinajstić information content (AvgIpc) is 3.72. The van der Waals surface area contributed by atoms with Crippen LogP contribution < -0.4 is 0 Å². The monoisotopic (exact) mass is 948 g/mol. The highest BCUT2D eigenvalue weighted by Gasteiger charge is 2.30. The molecule has 0 aliphatic rings. The van der Waals surface area contributed by atoms with Crippen molar-refractivity contribution < 1.29 is 5.11 Å². The highest BCUT2D eigenvalue weighted by molar-refractivity contribution is 5.98. The number of aromatic hydroxyl groups is 1. The molecule has 0 fully saturated rings. The lowest BCUT2D eigenvalue weighted by atomic mass is 9.79. The van der Waals surface area contributed by atoms with Crippen molar-refractivity contribution in [3.63, 3.8) is 0 Å². The Kier molecular flexibility index (Phi) is 12.6. The van der Waals surface area contributed by atoms with Crippen molar-refractivity contribution in [2.45, 2.75) is 131 Å². The molecule has 9 rings (SSSR count). The highest BCUT2D eigenvalue weighted by atomic mass is 16.3. The zero-order valence-corrected chi connectivity index (χ0v) is 45.4. The maximum absolute atomic E-state index is 12.6. The molecule has 4 heteroatoms. The van der Waals surface area contributed by atoms with Gasteiger partial charge in [0.15, 0.2) is 0 Å². The van der Waals surface area contributed by atoms with Crippen molar-refractivity contribution in [3.05, 3.63) is 192 Å². The number of hydrogen-bond acceptors (Lipinski definition) is 3. The molecule has 7 aromatic carbocycles. The van der Waals surface area contributed by atoms with Gasteiger partial charge in [-0.25, -0.2) is 4.98 Å². The normalized spacial score (nSPS) is 12.7. The van der Waals surface area contributed by atoms with Gasteiger partial charge in [0.05, 0.1) is 28.0 Å². The molecule has 9 aromatic rings. The lowest BCUT2D eigenvalue weighted by Gasteiger charge is -2.28. The van der Waals surface area contributed by atoms with Gasteiger partial charge in [-0.2, -0.15) is 0 Å². The van der Waals surface area contributed by atoms with Gasteiger partial charge in [0, 0.05) is 28.5 Å². The first-order valence-electron chi connectivity index (χ1n) is 25.7. The third-order valence-corrected chi connectivity index (χ3v) is 14.3. The van der Waals surface area contributed by atoms with E-state index >= 15 is 0 Å². The van der Waals surface area contributed by atoms with Gasteiger partial charge < -0.3 is 5.11 Å². The summed E-state index contributed by atoms with van der Waals surface area (Å²) >= 11 is 0. The van der Waals surface area contributed by atoms with Gasteiger partial charge in [-0.1, -0.05) is 213 Å². The quantitative estimate of drug-likeness (QED) is 0.173. The lowest BCUT2D eigenvalue weighted by molar-refractivity contribution is 0.446. The largest absolute Gasteiger partial charge is 0.507 e. The fourth-order valence-electron chi connectivity index (χ4n) is 9.98. The molecule has 0 unspecified atom stereocenters. The summed E-state index contributed by atoms with van der Waals surface area (Å²) in [5.41, 5.74) is 19.6. The van der Waals surface area contributed by atoms with Gasteiger partial charge in [0.2, 0.25) is 0 Å². The summed E-state index contributed by atoms with van der Waals surface area (Å²) in [5, 5.41) is 12.6. The summed E-state index contributed by atoms with van der Waals surface area (Å²) in [4.78, 5) is 10.8. The van der Waals surface area contributed by atoms with Crippen LogP contribution in [0.5, 0.6) is 5.75 Å². The van der Waals surface area contributed by atoms with Gasteiger partial charge in [0.25, 0.3) is 0 Å². The number of nitrogens with zero attached hydrogens (tertiary/aromatic N) is 3. The number of hydrogen-bond donors (Lipinski definition) is 1. The molecule has 0 saturated carbocycles. The van der Waals surface area contributed by atoms with Gasteiger partial charge in [-0.05, 0) is 131 Å². The predicted octanol–water partition coefficient (Wildman–Crippen LogP) is 18.6. The van der Waals surface area contributed by atoms with E-state index in [0.29, 0.717) is 11.4 Å². The predicted molar refractivity (Wildman–Crippen MR) is 307 cm³/mol. The Bertz CT molecular complexity index is 3460. The zero-order valence-electron chi connectivity index (χ0n) is 45.4. The molecule has 0 atom stereocenters. The van der Waals surface area contributed by atoms with Crippen LogP contribution in [0.4, 0.5) is 0 Å². The Balaban J connectivity index is 1.27. The van der Waals surface area contributed by atoms with E-state index in [1.54, 1.807) is 0 Å². The van der Waals surface area contributed by atoms with Crippen LogP contribution in [0.3, 0.4) is 0 Å². The molecule has 0 aliphatic heterocycles. The number of imidazole rings is 1. The maximum Gasteiger partial charge on any atom is 0.149 e. The van der Waals surface area contributed by atoms with Crippen LogP contribution in [0.2, 0.25) is 0 Å². The fraction of sp³-hybridized carbons (Fsp3) is 0.294. The first-order valence-corrected chi connectivity index (χ1v) is 25.7. The number of benzene rings is 7. The molecule has 1 N–H and O–H groups in total. The number of phenolic OH excluding ortho intramolecular Hbond substituents is 1. The van der Waals surface area contributed by atoms with Crippen LogP contribution in [0.15, 0.2) is 164 Å². The van der Waals surface area contributed by atoms with Crippen LogP contribution in [0, 0.1) is 0 Å². The topological polar surface area (TPSA) is 50.9 Å². The van der Waals surface area contributed by atoms with Crippen molar-refractivity contribution in [2.75, 3.05) is 0 Å². The van der Waals surface area contributed by atoms with Crippen LogP contribution in [-0.2, 0) is 27.1 Å². The zero-order chi connectivity index (χ0) is 51.7. The molecule has 0 aliphatic carbocycles. The fourth-order valence-corrected chi connectivity index (χ4v) is 9.98. The third kappa shape index (κ3) is 9.81. The van der Waals surface area contributed by atoms with E-state index in [0.717, 1.165) is 72.5 Å². The molecule has 2 heterocycles. The van der Waals surface area contributed by atoms with E-state index in [4.69, 9.17) is 9.97 Å². The first kappa shape index (κ1) is 49.9. The number of rotatable bonds is 7. The summed E-state index contributed by atoms with van der Waals surface area (Å²) in [5.74, 6) is 0.954. The molecule has 4 nitrogen and oxygen atoms in total. The Morgan fingerprint density at radius 2 is 0.944 bits per heavy atom. The van der Waals surface area contributed by atoms with E-state index < -0.39 is 0 Å². The van der Waals surface area contributed by atoms with Crippen LogP contribution >= 0.6 is 0 Å². The van der Waals surface area contributed by atoms with Crippen molar-refractivity contribution in [1.82, 2.24) is 14.5 Å². The smallest absolute Gasteiger partial charge is 0.149 e. The molecule has 0 amide bonds. The van der Waals surface area contributed by atoms with Crippen molar-refractivity contribution in [2.24, 2.45) is 0 Å². The minimum Gasteiger partial charge on any atom is -0.507 e. The van der Waals surface area contributed by atoms with Gasteiger partial charge in [0.1, 0.15) is 11.6 Å². The van der Waals surface area contributed by atoms with E-state index in [1.807, 2.05) is 6.20 Å². The Labute approximate surface area is 429 Å². The molecule has 72 heavy (non-hydrogen) atoms. The van der Waals surface area contributed by atoms with E-state index in [-0.39, 0.29) is 32.8 Å². The molecule has 0 spiro atoms. The minimum atomic E-state index is -0.331. The first-order chi connectivity index (χ1) is 33.8. The number of fused-ring (bicyclic) bond motifs is 1. The molecular formula is C68H73N3O. The maximum atomic E-state index is 12.6. The van der Waals surface area contributed by atoms with Crippen LogP contribution in [-0.4, -0.2) is 19.6 Å².